The largest absolute Gasteiger partial charge is 0.307 e. The molecular formula is C14H19F2N5. The van der Waals surface area contributed by atoms with Crippen LogP contribution in [0.25, 0.3) is 0 Å². The van der Waals surface area contributed by atoms with Crippen molar-refractivity contribution in [2.45, 2.75) is 33.4 Å². The van der Waals surface area contributed by atoms with E-state index in [1.54, 1.807) is 0 Å². The zero-order valence-corrected chi connectivity index (χ0v) is 12.3. The predicted molar refractivity (Wildman–Crippen MR) is 74.5 cm³/mol. The van der Waals surface area contributed by atoms with Crippen molar-refractivity contribution in [2.75, 3.05) is 6.54 Å². The first-order chi connectivity index (χ1) is 9.97. The molecule has 1 atom stereocenters. The first-order valence-electron chi connectivity index (χ1n) is 6.90. The van der Waals surface area contributed by atoms with Gasteiger partial charge in [0.1, 0.15) is 11.6 Å². The highest BCUT2D eigenvalue weighted by atomic mass is 19.1. The van der Waals surface area contributed by atoms with Crippen LogP contribution in [0.15, 0.2) is 18.2 Å². The summed E-state index contributed by atoms with van der Waals surface area (Å²) in [5, 5.41) is 14.8. The lowest BCUT2D eigenvalue weighted by atomic mass is 10.2. The van der Waals surface area contributed by atoms with E-state index in [1.165, 1.54) is 4.68 Å². The molecule has 114 valence electrons. The van der Waals surface area contributed by atoms with Crippen LogP contribution in [0, 0.1) is 17.6 Å². The highest BCUT2D eigenvalue weighted by Crippen LogP contribution is 2.14. The van der Waals surface area contributed by atoms with E-state index in [1.807, 2.05) is 6.92 Å². The van der Waals surface area contributed by atoms with Gasteiger partial charge in [-0.25, -0.2) is 13.5 Å². The van der Waals surface area contributed by atoms with Crippen molar-refractivity contribution in [3.8, 4) is 0 Å². The minimum Gasteiger partial charge on any atom is -0.307 e. The lowest BCUT2D eigenvalue weighted by molar-refractivity contribution is 0.458. The van der Waals surface area contributed by atoms with Gasteiger partial charge < -0.3 is 5.32 Å². The Balaban J connectivity index is 2.14. The van der Waals surface area contributed by atoms with E-state index in [2.05, 4.69) is 34.7 Å². The second-order valence-electron chi connectivity index (χ2n) is 5.45. The summed E-state index contributed by atoms with van der Waals surface area (Å²) < 4.78 is 28.4. The molecule has 2 aromatic rings. The summed E-state index contributed by atoms with van der Waals surface area (Å²) in [6.45, 7) is 7.06. The Morgan fingerprint density at radius 2 is 2.00 bits per heavy atom. The normalized spacial score (nSPS) is 12.9. The molecule has 1 heterocycles. The Hall–Kier alpha value is -1.89. The van der Waals surface area contributed by atoms with Crippen molar-refractivity contribution in [2.24, 2.45) is 5.92 Å². The summed E-state index contributed by atoms with van der Waals surface area (Å²) in [6.07, 6.45) is 0. The number of hydrogen-bond donors (Lipinski definition) is 1. The summed E-state index contributed by atoms with van der Waals surface area (Å²) in [5.74, 6) is 0.143. The smallest absolute Gasteiger partial charge is 0.168 e. The molecule has 0 fully saturated rings. The van der Waals surface area contributed by atoms with Crippen LogP contribution in [0.2, 0.25) is 0 Å². The molecule has 1 aromatic heterocycles. The molecule has 0 bridgehead atoms. The Kier molecular flexibility index (Phi) is 4.95. The van der Waals surface area contributed by atoms with E-state index in [0.717, 1.165) is 24.7 Å². The van der Waals surface area contributed by atoms with Gasteiger partial charge in [-0.2, -0.15) is 0 Å². The highest BCUT2D eigenvalue weighted by molar-refractivity contribution is 5.19. The summed E-state index contributed by atoms with van der Waals surface area (Å²) >= 11 is 0. The average Bonchev–Trinajstić information content (AvgIpc) is 2.88. The molecule has 1 aromatic carbocycles. The van der Waals surface area contributed by atoms with Crippen molar-refractivity contribution in [3.05, 3.63) is 41.2 Å². The summed E-state index contributed by atoms with van der Waals surface area (Å²) in [5.41, 5.74) is 0.222. The van der Waals surface area contributed by atoms with Crippen molar-refractivity contribution < 1.29 is 8.78 Å². The van der Waals surface area contributed by atoms with Crippen molar-refractivity contribution in [1.82, 2.24) is 25.5 Å². The van der Waals surface area contributed by atoms with Crippen LogP contribution < -0.4 is 5.32 Å². The molecule has 0 saturated heterocycles. The Labute approximate surface area is 122 Å². The van der Waals surface area contributed by atoms with Crippen LogP contribution in [0.5, 0.6) is 0 Å². The molecule has 5 nitrogen and oxygen atoms in total. The molecule has 0 amide bonds. The summed E-state index contributed by atoms with van der Waals surface area (Å²) in [4.78, 5) is 0. The topological polar surface area (TPSA) is 55.6 Å². The third-order valence-corrected chi connectivity index (χ3v) is 3.11. The first-order valence-corrected chi connectivity index (χ1v) is 6.90. The molecule has 21 heavy (non-hydrogen) atoms. The van der Waals surface area contributed by atoms with E-state index in [0.29, 0.717) is 11.7 Å². The molecular weight excluding hydrogens is 276 g/mol. The van der Waals surface area contributed by atoms with Crippen LogP contribution in [0.1, 0.15) is 38.2 Å². The minimum absolute atomic E-state index is 0.0704. The first kappa shape index (κ1) is 15.5. The maximum atomic E-state index is 13.7. The molecule has 0 aliphatic rings. The van der Waals surface area contributed by atoms with Gasteiger partial charge >= 0.3 is 0 Å². The van der Waals surface area contributed by atoms with Gasteiger partial charge in [0.2, 0.25) is 0 Å². The summed E-state index contributed by atoms with van der Waals surface area (Å²) in [6, 6.07) is 3.29. The fourth-order valence-corrected chi connectivity index (χ4v) is 1.96. The molecule has 1 N–H and O–H groups in total. The quantitative estimate of drug-likeness (QED) is 0.888. The van der Waals surface area contributed by atoms with Crippen LogP contribution in [-0.2, 0) is 6.54 Å². The average molecular weight is 295 g/mol. The van der Waals surface area contributed by atoms with Crippen LogP contribution in [0.4, 0.5) is 8.78 Å². The molecule has 0 radical (unpaired) electrons. The molecule has 0 spiro atoms. The van der Waals surface area contributed by atoms with Gasteiger partial charge in [0, 0.05) is 5.56 Å². The number of rotatable bonds is 6. The van der Waals surface area contributed by atoms with Crippen LogP contribution in [-0.4, -0.2) is 26.8 Å². The predicted octanol–water partition coefficient (Wildman–Crippen LogP) is 2.31. The van der Waals surface area contributed by atoms with Crippen molar-refractivity contribution in [1.29, 1.82) is 0 Å². The maximum Gasteiger partial charge on any atom is 0.168 e. The highest BCUT2D eigenvalue weighted by Gasteiger charge is 2.16. The van der Waals surface area contributed by atoms with Gasteiger partial charge in [-0.05, 0) is 48.0 Å². The Morgan fingerprint density at radius 3 is 2.71 bits per heavy atom. The van der Waals surface area contributed by atoms with Gasteiger partial charge in [0.05, 0.1) is 12.6 Å². The van der Waals surface area contributed by atoms with Crippen molar-refractivity contribution in [3.63, 3.8) is 0 Å². The van der Waals surface area contributed by atoms with Crippen LogP contribution in [0.3, 0.4) is 0 Å². The van der Waals surface area contributed by atoms with E-state index < -0.39 is 11.6 Å². The van der Waals surface area contributed by atoms with Gasteiger partial charge in [-0.1, -0.05) is 13.8 Å². The zero-order valence-electron chi connectivity index (χ0n) is 12.3. The summed E-state index contributed by atoms with van der Waals surface area (Å²) in [7, 11) is 0. The van der Waals surface area contributed by atoms with E-state index in [-0.39, 0.29) is 18.2 Å². The lowest BCUT2D eigenvalue weighted by Crippen LogP contribution is -2.26. The number of tetrazole rings is 1. The van der Waals surface area contributed by atoms with Gasteiger partial charge in [-0.15, -0.1) is 5.10 Å². The van der Waals surface area contributed by atoms with Gasteiger partial charge in [0.25, 0.3) is 0 Å². The van der Waals surface area contributed by atoms with Crippen LogP contribution >= 0.6 is 0 Å². The number of halogens is 2. The number of hydrogen-bond acceptors (Lipinski definition) is 4. The molecule has 2 rings (SSSR count). The number of nitrogens with zero attached hydrogens (tertiary/aromatic N) is 4. The van der Waals surface area contributed by atoms with E-state index >= 15 is 0 Å². The molecule has 0 saturated carbocycles. The lowest BCUT2D eigenvalue weighted by Gasteiger charge is -2.15. The van der Waals surface area contributed by atoms with E-state index in [9.17, 15) is 8.78 Å². The Bertz CT molecular complexity index is 597. The van der Waals surface area contributed by atoms with Gasteiger partial charge in [-0.3, -0.25) is 0 Å². The van der Waals surface area contributed by atoms with E-state index in [4.69, 9.17) is 0 Å². The SMILES string of the molecule is CC(C)CNC(C)c1nnnn1Cc1cc(F)ccc1F. The standard InChI is InChI=1S/C14H19F2N5/c1-9(2)7-17-10(3)14-18-19-20-21(14)8-11-6-12(15)4-5-13(11)16/h4-6,9-10,17H,7-8H2,1-3H3. The monoisotopic (exact) mass is 295 g/mol. The zero-order chi connectivity index (χ0) is 15.4. The fourth-order valence-electron chi connectivity index (χ4n) is 1.96. The third kappa shape index (κ3) is 4.04. The molecule has 7 heteroatoms. The fraction of sp³-hybridized carbons (Fsp3) is 0.500. The second kappa shape index (κ2) is 6.71. The maximum absolute atomic E-state index is 13.7. The van der Waals surface area contributed by atoms with Crippen molar-refractivity contribution >= 4 is 0 Å². The minimum atomic E-state index is -0.480. The number of nitrogens with one attached hydrogen (secondary N) is 1. The number of benzene rings is 1. The number of aromatic nitrogens is 4. The van der Waals surface area contributed by atoms with Gasteiger partial charge in [0.15, 0.2) is 5.82 Å². The molecule has 0 aliphatic carbocycles. The second-order valence-corrected chi connectivity index (χ2v) is 5.45. The molecule has 1 unspecified atom stereocenters. The third-order valence-electron chi connectivity index (χ3n) is 3.11. The Morgan fingerprint density at radius 1 is 1.24 bits per heavy atom. The molecule has 0 aliphatic heterocycles.